The van der Waals surface area contributed by atoms with Crippen LogP contribution in [0.25, 0.3) is 77.2 Å². The lowest BCUT2D eigenvalue weighted by Crippen LogP contribution is -2.30. The SMILES string of the molecule is [C-]#[N+]c1ccc2ncn(-c3nc(-c4ccncc4)c4c(n3)n(C3CCC(O)CC3)c(=O)n4C)c2c1.[C-]#[N+]c1ccc2ncn(-c3nc(Cl)c4c(n3)n(C3CCC(O)CC3)c(=O)n4C)c2c1. The van der Waals surface area contributed by atoms with Gasteiger partial charge in [0.05, 0.1) is 47.4 Å². The lowest BCUT2D eigenvalue weighted by molar-refractivity contribution is 0.110. The molecule has 2 aliphatic carbocycles. The van der Waals surface area contributed by atoms with Crippen LogP contribution in [-0.2, 0) is 14.1 Å². The van der Waals surface area contributed by atoms with Gasteiger partial charge in [0.25, 0.3) is 0 Å². The van der Waals surface area contributed by atoms with Crippen molar-refractivity contribution in [3.8, 4) is 23.2 Å². The molecule has 0 amide bonds. The molecule has 0 aliphatic heterocycles. The Morgan fingerprint density at radius 2 is 1.09 bits per heavy atom. The molecule has 20 heteroatoms. The Labute approximate surface area is 374 Å². The van der Waals surface area contributed by atoms with E-state index in [4.69, 9.17) is 34.7 Å². The minimum Gasteiger partial charge on any atom is -0.393 e. The van der Waals surface area contributed by atoms with Gasteiger partial charge in [-0.2, -0.15) is 15.0 Å². The Balaban J connectivity index is 0.000000155. The van der Waals surface area contributed by atoms with Crippen molar-refractivity contribution in [3.05, 3.63) is 123 Å². The molecule has 0 unspecified atom stereocenters. The number of halogens is 1. The molecule has 326 valence electrons. The summed E-state index contributed by atoms with van der Waals surface area (Å²) in [6, 6.07) is 14.1. The summed E-state index contributed by atoms with van der Waals surface area (Å²) in [6.07, 6.45) is 11.3. The molecule has 65 heavy (non-hydrogen) atoms. The first-order chi connectivity index (χ1) is 31.5. The van der Waals surface area contributed by atoms with Crippen LogP contribution in [0.2, 0.25) is 5.15 Å². The first-order valence-corrected chi connectivity index (χ1v) is 21.5. The van der Waals surface area contributed by atoms with Crippen LogP contribution in [-0.4, -0.2) is 84.7 Å². The van der Waals surface area contributed by atoms with E-state index in [2.05, 4.69) is 34.6 Å². The Hall–Kier alpha value is -7.58. The molecular formula is C45H40ClN15O4. The largest absolute Gasteiger partial charge is 0.393 e. The highest BCUT2D eigenvalue weighted by Gasteiger charge is 2.30. The van der Waals surface area contributed by atoms with Crippen LogP contribution in [0.15, 0.2) is 83.2 Å². The van der Waals surface area contributed by atoms with Crippen LogP contribution in [0.5, 0.6) is 0 Å². The van der Waals surface area contributed by atoms with E-state index in [1.807, 2.05) is 12.1 Å². The van der Waals surface area contributed by atoms with E-state index >= 15 is 0 Å². The second-order valence-electron chi connectivity index (χ2n) is 16.4. The third kappa shape index (κ3) is 7.19. The average Bonchev–Trinajstić information content (AvgIpc) is 4.08. The van der Waals surface area contributed by atoms with Crippen LogP contribution >= 0.6 is 11.6 Å². The van der Waals surface area contributed by atoms with Gasteiger partial charge in [0.2, 0.25) is 11.9 Å². The first kappa shape index (κ1) is 41.4. The van der Waals surface area contributed by atoms with Crippen molar-refractivity contribution in [1.29, 1.82) is 0 Å². The average molecular weight is 890 g/mol. The topological polar surface area (TPSA) is 203 Å². The monoisotopic (exact) mass is 889 g/mol. The van der Waals surface area contributed by atoms with Gasteiger partial charge in [0.1, 0.15) is 29.4 Å². The van der Waals surface area contributed by atoms with Crippen LogP contribution in [0.3, 0.4) is 0 Å². The summed E-state index contributed by atoms with van der Waals surface area (Å²) in [5, 5.41) is 20.0. The number of fused-ring (bicyclic) bond motifs is 4. The van der Waals surface area contributed by atoms with Crippen molar-refractivity contribution in [2.45, 2.75) is 75.7 Å². The van der Waals surface area contributed by atoms with Gasteiger partial charge in [-0.05, 0) is 87.8 Å². The van der Waals surface area contributed by atoms with Crippen molar-refractivity contribution in [1.82, 2.24) is 62.3 Å². The van der Waals surface area contributed by atoms with E-state index in [0.29, 0.717) is 113 Å². The Kier molecular flexibility index (Phi) is 10.5. The van der Waals surface area contributed by atoms with Gasteiger partial charge in [-0.3, -0.25) is 32.4 Å². The maximum atomic E-state index is 13.5. The summed E-state index contributed by atoms with van der Waals surface area (Å²) in [5.74, 6) is 0.650. The van der Waals surface area contributed by atoms with E-state index in [1.54, 1.807) is 98.4 Å². The number of aryl methyl sites for hydroxylation is 2. The minimum atomic E-state index is -0.330. The molecule has 11 rings (SSSR count). The molecule has 9 aromatic rings. The van der Waals surface area contributed by atoms with Gasteiger partial charge in [-0.15, -0.1) is 0 Å². The molecule has 2 fully saturated rings. The summed E-state index contributed by atoms with van der Waals surface area (Å²) < 4.78 is 9.91. The Bertz CT molecular complexity index is 3520. The highest BCUT2D eigenvalue weighted by atomic mass is 35.5. The van der Waals surface area contributed by atoms with Gasteiger partial charge in [-0.25, -0.2) is 34.2 Å². The van der Waals surface area contributed by atoms with Gasteiger partial charge in [0, 0.05) is 44.1 Å². The summed E-state index contributed by atoms with van der Waals surface area (Å²) in [7, 11) is 3.39. The molecule has 19 nitrogen and oxygen atoms in total. The Morgan fingerprint density at radius 1 is 0.631 bits per heavy atom. The van der Waals surface area contributed by atoms with E-state index in [0.717, 1.165) is 11.1 Å². The number of aromatic nitrogens is 13. The zero-order valence-electron chi connectivity index (χ0n) is 35.2. The van der Waals surface area contributed by atoms with Gasteiger partial charge >= 0.3 is 11.4 Å². The molecule has 0 spiro atoms. The number of aliphatic hydroxyl groups excluding tert-OH is 2. The number of hydrogen-bond acceptors (Lipinski definition) is 11. The van der Waals surface area contributed by atoms with E-state index in [9.17, 15) is 19.8 Å². The molecule has 2 N–H and O–H groups in total. The molecule has 2 aromatic carbocycles. The standard InChI is InChI=1S/C25H22N8O2.C20H18ClN7O2/c1-26-16-3-8-19-20(13-16)32(14-28-19)24-29-21(15-9-11-27-12-10-15)22-23(30-24)33(25(35)31(22)2)17-4-6-18(34)7-5-17;1-22-11-3-8-14-15(9-11)27(10-23-14)19-24-17(21)16-18(25-19)28(20(30)26(16)2)12-4-6-13(29)7-5-12/h3,8-14,17-18,34H,4-7H2,2H3;3,8-10,12-13,29H,4-7H2,2H3. The van der Waals surface area contributed by atoms with E-state index in [1.165, 1.54) is 4.57 Å². The predicted molar refractivity (Wildman–Crippen MR) is 243 cm³/mol. The highest BCUT2D eigenvalue weighted by molar-refractivity contribution is 6.33. The zero-order valence-corrected chi connectivity index (χ0v) is 35.9. The molecule has 2 aliphatic rings. The molecule has 0 saturated heterocycles. The number of rotatable bonds is 5. The molecule has 0 atom stereocenters. The lowest BCUT2D eigenvalue weighted by Gasteiger charge is -2.26. The summed E-state index contributed by atoms with van der Waals surface area (Å²) in [6.45, 7) is 14.6. The van der Waals surface area contributed by atoms with Gasteiger partial charge in [0.15, 0.2) is 27.8 Å². The number of imidazole rings is 4. The normalized spacial score (nSPS) is 18.8. The molecule has 7 heterocycles. The maximum Gasteiger partial charge on any atom is 0.330 e. The van der Waals surface area contributed by atoms with Crippen LogP contribution in [0.4, 0.5) is 11.4 Å². The zero-order chi connectivity index (χ0) is 45.1. The predicted octanol–water partition coefficient (Wildman–Crippen LogP) is 6.71. The lowest BCUT2D eigenvalue weighted by atomic mass is 9.93. The molecule has 7 aromatic heterocycles. The Morgan fingerprint density at radius 3 is 1.58 bits per heavy atom. The molecular weight excluding hydrogens is 850 g/mol. The summed E-state index contributed by atoms with van der Waals surface area (Å²) in [5.41, 5.74) is 6.98. The molecule has 2 saturated carbocycles. The first-order valence-electron chi connectivity index (χ1n) is 21.1. The van der Waals surface area contributed by atoms with Gasteiger partial charge < -0.3 is 10.2 Å². The maximum absolute atomic E-state index is 13.5. The molecule has 0 bridgehead atoms. The van der Waals surface area contributed by atoms with Crippen molar-refractivity contribution < 1.29 is 10.2 Å². The number of pyridine rings is 1. The second-order valence-corrected chi connectivity index (χ2v) is 16.8. The van der Waals surface area contributed by atoms with Crippen LogP contribution in [0, 0.1) is 13.1 Å². The fourth-order valence-electron chi connectivity index (χ4n) is 9.13. The second kappa shape index (κ2) is 16.5. The smallest absolute Gasteiger partial charge is 0.330 e. The minimum absolute atomic E-state index is 0.0586. The van der Waals surface area contributed by atoms with Crippen molar-refractivity contribution in [2.24, 2.45) is 14.1 Å². The highest BCUT2D eigenvalue weighted by Crippen LogP contribution is 2.35. The number of hydrogen-bond donors (Lipinski definition) is 2. The van der Waals surface area contributed by atoms with Crippen LogP contribution < -0.4 is 11.4 Å². The van der Waals surface area contributed by atoms with Crippen molar-refractivity contribution in [3.63, 3.8) is 0 Å². The number of nitrogens with zero attached hydrogens (tertiary/aromatic N) is 15. The summed E-state index contributed by atoms with van der Waals surface area (Å²) >= 11 is 6.50. The molecule has 0 radical (unpaired) electrons. The third-order valence-electron chi connectivity index (χ3n) is 12.5. The van der Waals surface area contributed by atoms with E-state index < -0.39 is 0 Å². The van der Waals surface area contributed by atoms with Crippen molar-refractivity contribution in [2.75, 3.05) is 0 Å². The number of benzene rings is 2. The summed E-state index contributed by atoms with van der Waals surface area (Å²) in [4.78, 5) is 65.3. The third-order valence-corrected chi connectivity index (χ3v) is 12.8. The van der Waals surface area contributed by atoms with Crippen molar-refractivity contribution >= 4 is 67.4 Å². The fraction of sp³-hybridized carbons (Fsp3) is 0.311. The van der Waals surface area contributed by atoms with E-state index in [-0.39, 0.29) is 46.8 Å². The van der Waals surface area contributed by atoms with Crippen LogP contribution in [0.1, 0.15) is 63.5 Å². The van der Waals surface area contributed by atoms with Gasteiger partial charge in [-0.1, -0.05) is 23.7 Å². The fourth-order valence-corrected chi connectivity index (χ4v) is 9.42. The number of aliphatic hydroxyl groups is 2. The quantitative estimate of drug-likeness (QED) is 0.137.